The monoisotopic (exact) mass is 262 g/mol. The lowest BCUT2D eigenvalue weighted by molar-refractivity contribution is 0.0397. The zero-order chi connectivity index (χ0) is 13.1. The first-order valence-electron chi connectivity index (χ1n) is 7.27. The van der Waals surface area contributed by atoms with Crippen molar-refractivity contribution in [2.45, 2.75) is 37.8 Å². The number of nitrogens with zero attached hydrogens (tertiary/aromatic N) is 4. The van der Waals surface area contributed by atoms with Crippen LogP contribution in [0.3, 0.4) is 0 Å². The normalized spacial score (nSPS) is 26.6. The molecule has 0 amide bonds. The van der Waals surface area contributed by atoms with Crippen LogP contribution in [0.1, 0.15) is 25.7 Å². The fourth-order valence-electron chi connectivity index (χ4n) is 3.20. The minimum atomic E-state index is -0.121. The Hall–Kier alpha value is -1.20. The fraction of sp³-hybridized carbons (Fsp3) is 0.714. The number of rotatable bonds is 2. The quantitative estimate of drug-likeness (QED) is 0.858. The molecular weight excluding hydrogens is 240 g/mol. The first-order valence-corrected chi connectivity index (χ1v) is 7.27. The van der Waals surface area contributed by atoms with E-state index in [-0.39, 0.29) is 6.10 Å². The summed E-state index contributed by atoms with van der Waals surface area (Å²) in [5.74, 6) is 0.847. The van der Waals surface area contributed by atoms with Crippen LogP contribution in [0.25, 0.3) is 0 Å². The molecule has 2 fully saturated rings. The molecule has 2 aliphatic rings. The van der Waals surface area contributed by atoms with Crippen molar-refractivity contribution in [3.8, 4) is 0 Å². The van der Waals surface area contributed by atoms with Gasteiger partial charge in [-0.3, -0.25) is 4.90 Å². The van der Waals surface area contributed by atoms with Crippen molar-refractivity contribution < 1.29 is 5.11 Å². The first-order chi connectivity index (χ1) is 9.33. The summed E-state index contributed by atoms with van der Waals surface area (Å²) in [6.07, 6.45) is 7.86. The van der Waals surface area contributed by atoms with Gasteiger partial charge < -0.3 is 10.0 Å². The van der Waals surface area contributed by atoms with Crippen molar-refractivity contribution in [1.29, 1.82) is 0 Å². The van der Waals surface area contributed by atoms with Crippen LogP contribution >= 0.6 is 0 Å². The molecule has 0 bridgehead atoms. The van der Waals surface area contributed by atoms with Crippen LogP contribution < -0.4 is 4.90 Å². The molecule has 0 aromatic carbocycles. The zero-order valence-corrected chi connectivity index (χ0v) is 11.3. The van der Waals surface area contributed by atoms with Crippen LogP contribution in [0.4, 0.5) is 5.95 Å². The minimum absolute atomic E-state index is 0.121. The maximum Gasteiger partial charge on any atom is 0.225 e. The van der Waals surface area contributed by atoms with Crippen molar-refractivity contribution in [3.63, 3.8) is 0 Å². The van der Waals surface area contributed by atoms with Gasteiger partial charge in [0.05, 0.1) is 6.10 Å². The first kappa shape index (κ1) is 12.8. The van der Waals surface area contributed by atoms with Gasteiger partial charge in [-0.05, 0) is 38.3 Å². The van der Waals surface area contributed by atoms with Crippen LogP contribution in [0.15, 0.2) is 18.5 Å². The summed E-state index contributed by atoms with van der Waals surface area (Å²) in [6, 6.07) is 2.47. The lowest BCUT2D eigenvalue weighted by Gasteiger charge is -2.41. The standard InChI is InChI=1S/C14H22N4O/c19-13-3-1-8-18(11-13)12-4-9-17(10-5-12)14-15-6-2-7-16-14/h2,6-7,12-13,19H,1,3-5,8-11H2. The Morgan fingerprint density at radius 3 is 2.47 bits per heavy atom. The molecule has 3 heterocycles. The molecule has 1 atom stereocenters. The highest BCUT2D eigenvalue weighted by molar-refractivity contribution is 5.29. The fourth-order valence-corrected chi connectivity index (χ4v) is 3.20. The Bertz CT molecular complexity index is 392. The van der Waals surface area contributed by atoms with Gasteiger partial charge in [-0.1, -0.05) is 0 Å². The number of β-amino-alcohol motifs (C(OH)–C–C–N with tert-alkyl or cyclic N) is 1. The number of anilines is 1. The number of aliphatic hydroxyl groups excluding tert-OH is 1. The predicted molar refractivity (Wildman–Crippen MR) is 74.1 cm³/mol. The molecule has 5 heteroatoms. The van der Waals surface area contributed by atoms with Crippen LogP contribution in [-0.2, 0) is 0 Å². The Kier molecular flexibility index (Phi) is 3.94. The van der Waals surface area contributed by atoms with E-state index < -0.39 is 0 Å². The van der Waals surface area contributed by atoms with Gasteiger partial charge in [0, 0.05) is 38.1 Å². The Labute approximate surface area is 114 Å². The lowest BCUT2D eigenvalue weighted by Crippen LogP contribution is -2.49. The van der Waals surface area contributed by atoms with E-state index in [2.05, 4.69) is 19.8 Å². The van der Waals surface area contributed by atoms with Crippen molar-refractivity contribution in [2.75, 3.05) is 31.1 Å². The highest BCUT2D eigenvalue weighted by Crippen LogP contribution is 2.22. The third-order valence-corrected chi connectivity index (χ3v) is 4.24. The second-order valence-corrected chi connectivity index (χ2v) is 5.56. The average molecular weight is 262 g/mol. The van der Waals surface area contributed by atoms with E-state index >= 15 is 0 Å². The van der Waals surface area contributed by atoms with Crippen LogP contribution in [0.5, 0.6) is 0 Å². The number of hydrogen-bond donors (Lipinski definition) is 1. The smallest absolute Gasteiger partial charge is 0.225 e. The number of aromatic nitrogens is 2. The molecule has 1 aromatic heterocycles. The summed E-state index contributed by atoms with van der Waals surface area (Å²) in [7, 11) is 0. The topological polar surface area (TPSA) is 52.5 Å². The minimum Gasteiger partial charge on any atom is -0.392 e. The van der Waals surface area contributed by atoms with Crippen LogP contribution in [0, 0.1) is 0 Å². The third kappa shape index (κ3) is 3.04. The van der Waals surface area contributed by atoms with Crippen molar-refractivity contribution in [3.05, 3.63) is 18.5 Å². The molecule has 1 N–H and O–H groups in total. The SMILES string of the molecule is OC1CCCN(C2CCN(c3ncccn3)CC2)C1. The maximum atomic E-state index is 9.77. The highest BCUT2D eigenvalue weighted by Gasteiger charge is 2.28. The van der Waals surface area contributed by atoms with E-state index in [0.29, 0.717) is 6.04 Å². The van der Waals surface area contributed by atoms with E-state index in [1.165, 1.54) is 0 Å². The molecule has 0 spiro atoms. The molecule has 0 saturated carbocycles. The molecule has 19 heavy (non-hydrogen) atoms. The largest absolute Gasteiger partial charge is 0.392 e. The van der Waals surface area contributed by atoms with E-state index in [1.807, 2.05) is 6.07 Å². The summed E-state index contributed by atoms with van der Waals surface area (Å²) < 4.78 is 0. The molecule has 104 valence electrons. The number of hydrogen-bond acceptors (Lipinski definition) is 5. The van der Waals surface area contributed by atoms with Gasteiger partial charge in [0.1, 0.15) is 0 Å². The molecule has 2 aliphatic heterocycles. The van der Waals surface area contributed by atoms with Gasteiger partial charge in [-0.2, -0.15) is 0 Å². The summed E-state index contributed by atoms with van der Waals surface area (Å²) in [4.78, 5) is 13.4. The summed E-state index contributed by atoms with van der Waals surface area (Å²) in [5, 5.41) is 9.77. The maximum absolute atomic E-state index is 9.77. The third-order valence-electron chi connectivity index (χ3n) is 4.24. The molecule has 2 saturated heterocycles. The highest BCUT2D eigenvalue weighted by atomic mass is 16.3. The Morgan fingerprint density at radius 2 is 1.79 bits per heavy atom. The second-order valence-electron chi connectivity index (χ2n) is 5.56. The molecule has 3 rings (SSSR count). The van der Waals surface area contributed by atoms with Crippen molar-refractivity contribution >= 4 is 5.95 Å². The van der Waals surface area contributed by atoms with E-state index in [0.717, 1.165) is 57.8 Å². The summed E-state index contributed by atoms with van der Waals surface area (Å²) in [5.41, 5.74) is 0. The molecule has 1 aromatic rings. The van der Waals surface area contributed by atoms with Crippen LogP contribution in [0.2, 0.25) is 0 Å². The zero-order valence-electron chi connectivity index (χ0n) is 11.3. The number of likely N-dealkylation sites (tertiary alicyclic amines) is 1. The molecule has 0 radical (unpaired) electrons. The number of piperidine rings is 2. The second kappa shape index (κ2) is 5.84. The Balaban J connectivity index is 1.54. The van der Waals surface area contributed by atoms with Crippen molar-refractivity contribution in [1.82, 2.24) is 14.9 Å². The van der Waals surface area contributed by atoms with Gasteiger partial charge in [0.25, 0.3) is 0 Å². The predicted octanol–water partition coefficient (Wildman–Crippen LogP) is 0.902. The molecule has 1 unspecified atom stereocenters. The summed E-state index contributed by atoms with van der Waals surface area (Å²) in [6.45, 7) is 4.03. The van der Waals surface area contributed by atoms with E-state index in [4.69, 9.17) is 0 Å². The van der Waals surface area contributed by atoms with Crippen molar-refractivity contribution in [2.24, 2.45) is 0 Å². The van der Waals surface area contributed by atoms with E-state index in [9.17, 15) is 5.11 Å². The molecule has 0 aliphatic carbocycles. The van der Waals surface area contributed by atoms with Crippen LogP contribution in [-0.4, -0.2) is 58.3 Å². The lowest BCUT2D eigenvalue weighted by atomic mass is 9.99. The van der Waals surface area contributed by atoms with Gasteiger partial charge in [0.2, 0.25) is 5.95 Å². The van der Waals surface area contributed by atoms with Gasteiger partial charge in [-0.25, -0.2) is 9.97 Å². The Morgan fingerprint density at radius 1 is 1.05 bits per heavy atom. The number of aliphatic hydroxyl groups is 1. The molecule has 5 nitrogen and oxygen atoms in total. The average Bonchev–Trinajstić information content (AvgIpc) is 2.48. The molecular formula is C14H22N4O. The van der Waals surface area contributed by atoms with E-state index in [1.54, 1.807) is 12.4 Å². The van der Waals surface area contributed by atoms with Gasteiger partial charge >= 0.3 is 0 Å². The summed E-state index contributed by atoms with van der Waals surface area (Å²) >= 11 is 0. The van der Waals surface area contributed by atoms with Gasteiger partial charge in [0.15, 0.2) is 0 Å². The van der Waals surface area contributed by atoms with Gasteiger partial charge in [-0.15, -0.1) is 0 Å².